The Hall–Kier alpha value is -0.920. The van der Waals surface area contributed by atoms with Gasteiger partial charge in [-0.3, -0.25) is 0 Å². The molecule has 0 aliphatic heterocycles. The van der Waals surface area contributed by atoms with Crippen molar-refractivity contribution >= 4 is 27.3 Å². The van der Waals surface area contributed by atoms with Gasteiger partial charge in [0.2, 0.25) is 10.0 Å². The van der Waals surface area contributed by atoms with Gasteiger partial charge in [0.1, 0.15) is 4.88 Å². The molecule has 19 heavy (non-hydrogen) atoms. The Morgan fingerprint density at radius 2 is 2.11 bits per heavy atom. The standard InChI is InChI=1S/C12H19NO4S2/c1-8(2)5-4-6-13-19(16,17)11-7-10(12(14)15)18-9(11)3/h7-8,13H,4-6H2,1-3H3,(H,14,15). The molecule has 0 amide bonds. The molecule has 0 fully saturated rings. The third-order valence-electron chi connectivity index (χ3n) is 2.62. The average molecular weight is 305 g/mol. The van der Waals surface area contributed by atoms with E-state index in [-0.39, 0.29) is 9.77 Å². The molecular formula is C12H19NO4S2. The summed E-state index contributed by atoms with van der Waals surface area (Å²) >= 11 is 0.975. The maximum absolute atomic E-state index is 12.0. The number of rotatable bonds is 7. The molecule has 0 saturated heterocycles. The van der Waals surface area contributed by atoms with Gasteiger partial charge in [-0.25, -0.2) is 17.9 Å². The fourth-order valence-corrected chi connectivity index (χ4v) is 4.13. The van der Waals surface area contributed by atoms with Crippen molar-refractivity contribution in [3.8, 4) is 0 Å². The van der Waals surface area contributed by atoms with Gasteiger partial charge >= 0.3 is 5.97 Å². The summed E-state index contributed by atoms with van der Waals surface area (Å²) in [6.45, 7) is 6.14. The molecule has 7 heteroatoms. The predicted molar refractivity (Wildman–Crippen MR) is 75.3 cm³/mol. The van der Waals surface area contributed by atoms with Crippen LogP contribution in [-0.4, -0.2) is 26.0 Å². The summed E-state index contributed by atoms with van der Waals surface area (Å²) in [4.78, 5) is 11.4. The molecule has 1 heterocycles. The predicted octanol–water partition coefficient (Wildman–Crippen LogP) is 2.47. The second kappa shape index (κ2) is 6.49. The zero-order valence-corrected chi connectivity index (χ0v) is 12.9. The fraction of sp³-hybridized carbons (Fsp3) is 0.583. The van der Waals surface area contributed by atoms with Gasteiger partial charge in [0.05, 0.1) is 4.90 Å². The number of hydrogen-bond acceptors (Lipinski definition) is 4. The molecule has 0 bridgehead atoms. The van der Waals surface area contributed by atoms with Gasteiger partial charge in [0.15, 0.2) is 0 Å². The number of aryl methyl sites for hydroxylation is 1. The summed E-state index contributed by atoms with van der Waals surface area (Å²) in [7, 11) is -3.60. The third kappa shape index (κ3) is 4.59. The second-order valence-corrected chi connectivity index (χ2v) is 7.76. The van der Waals surface area contributed by atoms with Crippen LogP contribution in [0.25, 0.3) is 0 Å². The van der Waals surface area contributed by atoms with E-state index in [4.69, 9.17) is 5.11 Å². The highest BCUT2D eigenvalue weighted by atomic mass is 32.2. The smallest absolute Gasteiger partial charge is 0.345 e. The molecule has 1 rings (SSSR count). The third-order valence-corrected chi connectivity index (χ3v) is 5.38. The molecule has 0 saturated carbocycles. The second-order valence-electron chi connectivity index (χ2n) is 4.77. The van der Waals surface area contributed by atoms with E-state index in [9.17, 15) is 13.2 Å². The molecule has 0 unspecified atom stereocenters. The number of nitrogens with one attached hydrogen (secondary N) is 1. The SMILES string of the molecule is Cc1sc(C(=O)O)cc1S(=O)(=O)NCCCC(C)C. The van der Waals surface area contributed by atoms with Crippen molar-refractivity contribution < 1.29 is 18.3 Å². The van der Waals surface area contributed by atoms with E-state index in [1.54, 1.807) is 6.92 Å². The van der Waals surface area contributed by atoms with E-state index in [0.717, 1.165) is 24.2 Å². The molecule has 0 aromatic carbocycles. The van der Waals surface area contributed by atoms with E-state index in [1.165, 1.54) is 6.07 Å². The first kappa shape index (κ1) is 16.1. The van der Waals surface area contributed by atoms with E-state index in [1.807, 2.05) is 0 Å². The van der Waals surface area contributed by atoms with Crippen molar-refractivity contribution in [1.82, 2.24) is 4.72 Å². The summed E-state index contributed by atoms with van der Waals surface area (Å²) < 4.78 is 26.6. The number of thiophene rings is 1. The van der Waals surface area contributed by atoms with Crippen LogP contribution in [-0.2, 0) is 10.0 Å². The Kier molecular flexibility index (Phi) is 5.51. The summed E-state index contributed by atoms with van der Waals surface area (Å²) in [5.41, 5.74) is 0. The zero-order valence-electron chi connectivity index (χ0n) is 11.3. The zero-order chi connectivity index (χ0) is 14.6. The van der Waals surface area contributed by atoms with Gasteiger partial charge in [0.25, 0.3) is 0 Å². The van der Waals surface area contributed by atoms with Crippen molar-refractivity contribution in [3.63, 3.8) is 0 Å². The van der Waals surface area contributed by atoms with Crippen LogP contribution >= 0.6 is 11.3 Å². The summed E-state index contributed by atoms with van der Waals surface area (Å²) in [6, 6.07) is 1.22. The Labute approximate surface area is 117 Å². The van der Waals surface area contributed by atoms with Crippen molar-refractivity contribution in [2.45, 2.75) is 38.5 Å². The van der Waals surface area contributed by atoms with E-state index < -0.39 is 16.0 Å². The highest BCUT2D eigenvalue weighted by molar-refractivity contribution is 7.89. The monoisotopic (exact) mass is 305 g/mol. The number of carboxylic acid groups (broad SMARTS) is 1. The highest BCUT2D eigenvalue weighted by Crippen LogP contribution is 2.25. The highest BCUT2D eigenvalue weighted by Gasteiger charge is 2.21. The maximum atomic E-state index is 12.0. The Morgan fingerprint density at radius 3 is 2.58 bits per heavy atom. The minimum atomic E-state index is -3.60. The number of carbonyl (C=O) groups is 1. The van der Waals surface area contributed by atoms with Crippen LogP contribution in [0.5, 0.6) is 0 Å². The molecule has 0 atom stereocenters. The van der Waals surface area contributed by atoms with E-state index in [0.29, 0.717) is 17.3 Å². The number of sulfonamides is 1. The molecule has 2 N–H and O–H groups in total. The molecule has 5 nitrogen and oxygen atoms in total. The lowest BCUT2D eigenvalue weighted by Gasteiger charge is -2.07. The summed E-state index contributed by atoms with van der Waals surface area (Å²) in [6.07, 6.45) is 1.72. The lowest BCUT2D eigenvalue weighted by Crippen LogP contribution is -2.25. The Morgan fingerprint density at radius 1 is 1.47 bits per heavy atom. The van der Waals surface area contributed by atoms with Crippen molar-refractivity contribution in [1.29, 1.82) is 0 Å². The molecule has 0 radical (unpaired) electrons. The first-order chi connectivity index (χ1) is 8.74. The first-order valence-corrected chi connectivity index (χ1v) is 8.37. The normalized spacial score (nSPS) is 12.0. The van der Waals surface area contributed by atoms with Crippen LogP contribution in [0.3, 0.4) is 0 Å². The van der Waals surface area contributed by atoms with Gasteiger partial charge in [-0.05, 0) is 31.7 Å². The lowest BCUT2D eigenvalue weighted by atomic mass is 10.1. The Balaban J connectivity index is 2.75. The van der Waals surface area contributed by atoms with Crippen LogP contribution in [0.4, 0.5) is 0 Å². The van der Waals surface area contributed by atoms with Crippen LogP contribution < -0.4 is 4.72 Å². The van der Waals surface area contributed by atoms with E-state index >= 15 is 0 Å². The molecular weight excluding hydrogens is 286 g/mol. The molecule has 1 aromatic heterocycles. The van der Waals surface area contributed by atoms with Crippen molar-refractivity contribution in [2.24, 2.45) is 5.92 Å². The average Bonchev–Trinajstić information content (AvgIpc) is 2.67. The molecule has 0 aliphatic rings. The van der Waals surface area contributed by atoms with Gasteiger partial charge in [-0.1, -0.05) is 13.8 Å². The fourth-order valence-electron chi connectivity index (χ4n) is 1.63. The van der Waals surface area contributed by atoms with Gasteiger partial charge in [0, 0.05) is 11.4 Å². The molecule has 1 aromatic rings. The van der Waals surface area contributed by atoms with Gasteiger partial charge in [-0.15, -0.1) is 11.3 Å². The van der Waals surface area contributed by atoms with E-state index in [2.05, 4.69) is 18.6 Å². The quantitative estimate of drug-likeness (QED) is 0.758. The molecule has 108 valence electrons. The first-order valence-electron chi connectivity index (χ1n) is 6.07. The van der Waals surface area contributed by atoms with Crippen molar-refractivity contribution in [2.75, 3.05) is 6.54 Å². The molecule has 0 spiro atoms. The van der Waals surface area contributed by atoms with Crippen molar-refractivity contribution in [3.05, 3.63) is 15.8 Å². The topological polar surface area (TPSA) is 83.5 Å². The minimum Gasteiger partial charge on any atom is -0.477 e. The number of hydrogen-bond donors (Lipinski definition) is 2. The number of aromatic carboxylic acids is 1. The molecule has 0 aliphatic carbocycles. The Bertz CT molecular complexity index is 546. The van der Waals surface area contributed by atoms with Crippen LogP contribution in [0.15, 0.2) is 11.0 Å². The van der Waals surface area contributed by atoms with Gasteiger partial charge < -0.3 is 5.11 Å². The lowest BCUT2D eigenvalue weighted by molar-refractivity contribution is 0.0702. The van der Waals surface area contributed by atoms with Crippen LogP contribution in [0.2, 0.25) is 0 Å². The van der Waals surface area contributed by atoms with Crippen LogP contribution in [0, 0.1) is 12.8 Å². The minimum absolute atomic E-state index is 0.0417. The largest absolute Gasteiger partial charge is 0.477 e. The number of carboxylic acids is 1. The maximum Gasteiger partial charge on any atom is 0.345 e. The summed E-state index contributed by atoms with van der Waals surface area (Å²) in [5.74, 6) is -0.569. The van der Waals surface area contributed by atoms with Gasteiger partial charge in [-0.2, -0.15) is 0 Å². The summed E-state index contributed by atoms with van der Waals surface area (Å²) in [5, 5.41) is 8.86. The van der Waals surface area contributed by atoms with Crippen LogP contribution in [0.1, 0.15) is 41.2 Å².